The van der Waals surface area contributed by atoms with Crippen molar-refractivity contribution in [2.45, 2.75) is 18.7 Å². The van der Waals surface area contributed by atoms with Gasteiger partial charge in [-0.1, -0.05) is 12.1 Å². The van der Waals surface area contributed by atoms with Crippen LogP contribution in [0.1, 0.15) is 11.1 Å². The Labute approximate surface area is 89.2 Å². The molecule has 0 saturated carbocycles. The van der Waals surface area contributed by atoms with Crippen LogP contribution in [0.25, 0.3) is 0 Å². The quantitative estimate of drug-likeness (QED) is 0.732. The van der Waals surface area contributed by atoms with Crippen molar-refractivity contribution in [3.8, 4) is 6.07 Å². The van der Waals surface area contributed by atoms with Crippen molar-refractivity contribution in [2.24, 2.45) is 0 Å². The van der Waals surface area contributed by atoms with Gasteiger partial charge in [-0.3, -0.25) is 4.18 Å². The zero-order valence-corrected chi connectivity index (χ0v) is 9.34. The molecule has 0 unspecified atom stereocenters. The molecule has 80 valence electrons. The van der Waals surface area contributed by atoms with Crippen LogP contribution in [0.3, 0.4) is 0 Å². The minimum atomic E-state index is -3.80. The molecule has 0 fully saturated rings. The minimum Gasteiger partial charge on any atom is -0.251 e. The Morgan fingerprint density at radius 1 is 1.40 bits per heavy atom. The van der Waals surface area contributed by atoms with Crippen molar-refractivity contribution >= 4 is 10.1 Å². The highest BCUT2D eigenvalue weighted by Crippen LogP contribution is 2.19. The molecule has 0 amide bonds. The molecule has 0 heterocycles. The van der Waals surface area contributed by atoms with Gasteiger partial charge in [-0.2, -0.15) is 13.7 Å². The standard InChI is InChI=1S/C10H11NO3S/c1-8-4-3-5-10(9(8)2)15(12,13)14-7-6-11/h3-5H,7H2,1-2H3. The van der Waals surface area contributed by atoms with Crippen LogP contribution in [-0.4, -0.2) is 15.0 Å². The maximum atomic E-state index is 11.6. The highest BCUT2D eigenvalue weighted by molar-refractivity contribution is 7.86. The summed E-state index contributed by atoms with van der Waals surface area (Å²) in [4.78, 5) is 0.123. The van der Waals surface area contributed by atoms with E-state index in [-0.39, 0.29) is 4.90 Å². The molecule has 1 rings (SSSR count). The summed E-state index contributed by atoms with van der Waals surface area (Å²) in [6.07, 6.45) is 0. The minimum absolute atomic E-state index is 0.123. The second kappa shape index (κ2) is 4.43. The first-order valence-corrected chi connectivity index (χ1v) is 5.72. The molecule has 4 nitrogen and oxygen atoms in total. The molecule has 0 aromatic heterocycles. The van der Waals surface area contributed by atoms with Crippen molar-refractivity contribution in [2.75, 3.05) is 6.61 Å². The molecule has 0 aliphatic rings. The van der Waals surface area contributed by atoms with Crippen LogP contribution >= 0.6 is 0 Å². The van der Waals surface area contributed by atoms with Gasteiger partial charge in [0.05, 0.1) is 11.0 Å². The lowest BCUT2D eigenvalue weighted by Gasteiger charge is -2.07. The summed E-state index contributed by atoms with van der Waals surface area (Å²) in [6.45, 7) is 3.06. The van der Waals surface area contributed by atoms with E-state index < -0.39 is 16.7 Å². The van der Waals surface area contributed by atoms with Crippen LogP contribution in [0, 0.1) is 25.2 Å². The fourth-order valence-corrected chi connectivity index (χ4v) is 2.28. The van der Waals surface area contributed by atoms with Crippen LogP contribution in [0.2, 0.25) is 0 Å². The average molecular weight is 225 g/mol. The average Bonchev–Trinajstić information content (AvgIpc) is 2.19. The summed E-state index contributed by atoms with van der Waals surface area (Å²) in [5, 5.41) is 8.26. The molecular formula is C10H11NO3S. The van der Waals surface area contributed by atoms with Gasteiger partial charge in [0, 0.05) is 0 Å². The van der Waals surface area contributed by atoms with Gasteiger partial charge in [-0.05, 0) is 31.0 Å². The Kier molecular flexibility index (Phi) is 3.45. The van der Waals surface area contributed by atoms with Gasteiger partial charge < -0.3 is 0 Å². The third-order valence-corrected chi connectivity index (χ3v) is 3.51. The molecule has 5 heteroatoms. The van der Waals surface area contributed by atoms with Crippen molar-refractivity contribution in [1.82, 2.24) is 0 Å². The van der Waals surface area contributed by atoms with Crippen molar-refractivity contribution in [3.63, 3.8) is 0 Å². The van der Waals surface area contributed by atoms with Crippen LogP contribution in [0.5, 0.6) is 0 Å². The van der Waals surface area contributed by atoms with E-state index >= 15 is 0 Å². The predicted octanol–water partition coefficient (Wildman–Crippen LogP) is 1.53. The highest BCUT2D eigenvalue weighted by atomic mass is 32.2. The molecule has 0 aliphatic heterocycles. The van der Waals surface area contributed by atoms with E-state index in [2.05, 4.69) is 4.18 Å². The lowest BCUT2D eigenvalue weighted by atomic mass is 10.1. The van der Waals surface area contributed by atoms with Gasteiger partial charge in [0.25, 0.3) is 10.1 Å². The number of hydrogen-bond acceptors (Lipinski definition) is 4. The van der Waals surface area contributed by atoms with Gasteiger partial charge in [0.15, 0.2) is 6.61 Å². The van der Waals surface area contributed by atoms with E-state index in [0.29, 0.717) is 5.56 Å². The fraction of sp³-hybridized carbons (Fsp3) is 0.300. The second-order valence-corrected chi connectivity index (χ2v) is 4.66. The molecular weight excluding hydrogens is 214 g/mol. The molecule has 1 aromatic rings. The Balaban J connectivity index is 3.17. The van der Waals surface area contributed by atoms with E-state index in [0.717, 1.165) is 5.56 Å². The lowest BCUT2D eigenvalue weighted by Crippen LogP contribution is -2.08. The second-order valence-electron chi connectivity index (χ2n) is 3.07. The molecule has 0 N–H and O–H groups in total. The number of nitriles is 1. The number of rotatable bonds is 3. The smallest absolute Gasteiger partial charge is 0.251 e. The lowest BCUT2D eigenvalue weighted by molar-refractivity contribution is 0.361. The van der Waals surface area contributed by atoms with Gasteiger partial charge in [-0.15, -0.1) is 0 Å². The largest absolute Gasteiger partial charge is 0.298 e. The van der Waals surface area contributed by atoms with Crippen LogP contribution in [-0.2, 0) is 14.3 Å². The van der Waals surface area contributed by atoms with E-state index in [4.69, 9.17) is 5.26 Å². The van der Waals surface area contributed by atoms with Crippen molar-refractivity contribution in [1.29, 1.82) is 5.26 Å². The summed E-state index contributed by atoms with van der Waals surface area (Å²) in [7, 11) is -3.80. The van der Waals surface area contributed by atoms with Gasteiger partial charge in [0.1, 0.15) is 0 Å². The Bertz CT molecular complexity index is 500. The molecule has 0 aliphatic carbocycles. The molecule has 0 bridgehead atoms. The fourth-order valence-electron chi connectivity index (χ4n) is 1.16. The first-order chi connectivity index (χ1) is 6.99. The van der Waals surface area contributed by atoms with Crippen LogP contribution in [0.4, 0.5) is 0 Å². The predicted molar refractivity (Wildman–Crippen MR) is 54.7 cm³/mol. The molecule has 1 aromatic carbocycles. The third kappa shape index (κ3) is 2.55. The number of benzene rings is 1. The van der Waals surface area contributed by atoms with E-state index in [1.165, 1.54) is 6.07 Å². The molecule has 15 heavy (non-hydrogen) atoms. The number of hydrogen-bond donors (Lipinski definition) is 0. The van der Waals surface area contributed by atoms with Gasteiger partial charge in [0.2, 0.25) is 0 Å². The molecule has 0 spiro atoms. The summed E-state index contributed by atoms with van der Waals surface area (Å²) >= 11 is 0. The first-order valence-electron chi connectivity index (χ1n) is 4.31. The van der Waals surface area contributed by atoms with E-state index in [1.54, 1.807) is 19.1 Å². The Morgan fingerprint density at radius 3 is 2.67 bits per heavy atom. The Morgan fingerprint density at radius 2 is 2.07 bits per heavy atom. The molecule has 0 saturated heterocycles. The van der Waals surface area contributed by atoms with Crippen molar-refractivity contribution in [3.05, 3.63) is 29.3 Å². The van der Waals surface area contributed by atoms with Gasteiger partial charge >= 0.3 is 0 Å². The highest BCUT2D eigenvalue weighted by Gasteiger charge is 2.18. The zero-order chi connectivity index (χ0) is 11.5. The van der Waals surface area contributed by atoms with Crippen LogP contribution < -0.4 is 0 Å². The third-order valence-electron chi connectivity index (χ3n) is 2.10. The summed E-state index contributed by atoms with van der Waals surface area (Å²) in [5.74, 6) is 0. The SMILES string of the molecule is Cc1cccc(S(=O)(=O)OCC#N)c1C. The maximum Gasteiger partial charge on any atom is 0.298 e. The maximum absolute atomic E-state index is 11.6. The van der Waals surface area contributed by atoms with E-state index in [1.807, 2.05) is 13.0 Å². The van der Waals surface area contributed by atoms with Gasteiger partial charge in [-0.25, -0.2) is 0 Å². The topological polar surface area (TPSA) is 67.2 Å². The first kappa shape index (κ1) is 11.7. The number of aryl methyl sites for hydroxylation is 1. The monoisotopic (exact) mass is 225 g/mol. The van der Waals surface area contributed by atoms with Crippen LogP contribution in [0.15, 0.2) is 23.1 Å². The summed E-state index contributed by atoms with van der Waals surface area (Å²) in [6, 6.07) is 6.56. The van der Waals surface area contributed by atoms with Crippen molar-refractivity contribution < 1.29 is 12.6 Å². The summed E-state index contributed by atoms with van der Waals surface area (Å²) in [5.41, 5.74) is 1.52. The zero-order valence-electron chi connectivity index (χ0n) is 8.52. The molecule has 0 radical (unpaired) electrons. The normalized spacial score (nSPS) is 11.0. The summed E-state index contributed by atoms with van der Waals surface area (Å²) < 4.78 is 27.7. The van der Waals surface area contributed by atoms with E-state index in [9.17, 15) is 8.42 Å². The Hall–Kier alpha value is -1.38. The molecule has 0 atom stereocenters. The number of nitrogens with zero attached hydrogens (tertiary/aromatic N) is 1.